The van der Waals surface area contributed by atoms with E-state index in [-0.39, 0.29) is 34.5 Å². The summed E-state index contributed by atoms with van der Waals surface area (Å²) in [5.74, 6) is 0. The van der Waals surface area contributed by atoms with Crippen LogP contribution in [0.15, 0.2) is 22.0 Å². The Bertz CT molecular complexity index is 664. The molecule has 6 heteroatoms. The molecule has 0 bridgehead atoms. The van der Waals surface area contributed by atoms with E-state index >= 15 is 0 Å². The number of hydrogen-bond acceptors (Lipinski definition) is 4. The van der Waals surface area contributed by atoms with Gasteiger partial charge in [-0.15, -0.1) is 0 Å². The lowest BCUT2D eigenvalue weighted by atomic mass is 9.88. The molecule has 0 saturated carbocycles. The normalized spacial score (nSPS) is 26.0. The highest BCUT2D eigenvalue weighted by molar-refractivity contribution is 7.90. The van der Waals surface area contributed by atoms with E-state index in [0.29, 0.717) is 0 Å². The van der Waals surface area contributed by atoms with Crippen LogP contribution in [-0.4, -0.2) is 42.3 Å². The van der Waals surface area contributed by atoms with Crippen LogP contribution in [0.25, 0.3) is 0 Å². The molecule has 2 aliphatic heterocycles. The van der Waals surface area contributed by atoms with Crippen LogP contribution >= 0.6 is 0 Å². The van der Waals surface area contributed by atoms with Crippen LogP contribution in [0, 0.1) is 10.8 Å². The Morgan fingerprint density at radius 2 is 1.12 bits per heavy atom. The molecule has 0 aromatic heterocycles. The second-order valence-corrected chi connectivity index (χ2v) is 15.2. The van der Waals surface area contributed by atoms with E-state index < -0.39 is 21.6 Å². The van der Waals surface area contributed by atoms with Crippen LogP contribution in [-0.2, 0) is 21.6 Å². The lowest BCUT2D eigenvalue weighted by molar-refractivity contribution is 0.147. The van der Waals surface area contributed by atoms with Crippen LogP contribution < -0.4 is 0 Å². The number of rotatable bonds is 16. The van der Waals surface area contributed by atoms with Crippen molar-refractivity contribution in [1.82, 2.24) is 0 Å². The van der Waals surface area contributed by atoms with Crippen molar-refractivity contribution in [2.45, 2.75) is 122 Å². The molecule has 2 rings (SSSR count). The quantitative estimate of drug-likeness (QED) is 0.250. The van der Waals surface area contributed by atoms with Gasteiger partial charge in [0.2, 0.25) is 0 Å². The zero-order valence-corrected chi connectivity index (χ0v) is 23.1. The Labute approximate surface area is 207 Å². The molecule has 4 atom stereocenters. The first-order valence-electron chi connectivity index (χ1n) is 13.0. The van der Waals surface area contributed by atoms with E-state index in [0.717, 1.165) is 93.3 Å². The minimum atomic E-state index is -0.859. The third-order valence-electron chi connectivity index (χ3n) is 7.30. The van der Waals surface area contributed by atoms with Crippen LogP contribution in [0.3, 0.4) is 0 Å². The first-order valence-corrected chi connectivity index (χ1v) is 15.4. The number of allylic oxidation sites excluding steroid dienone is 4. The maximum Gasteiger partial charge on any atom is 0.0519 e. The number of aliphatic hydroxyl groups excluding tert-OH is 2. The summed E-state index contributed by atoms with van der Waals surface area (Å²) >= 11 is 0. The molecule has 0 aromatic carbocycles. The maximum atomic E-state index is 12.8. The van der Waals surface area contributed by atoms with Crippen molar-refractivity contribution >= 4 is 21.6 Å². The monoisotopic (exact) mass is 500 g/mol. The van der Waals surface area contributed by atoms with Crippen LogP contribution in [0.2, 0.25) is 0 Å². The van der Waals surface area contributed by atoms with Crippen molar-refractivity contribution in [3.63, 3.8) is 0 Å². The van der Waals surface area contributed by atoms with Gasteiger partial charge in [0.1, 0.15) is 0 Å². The molecule has 0 spiro atoms. The minimum absolute atomic E-state index is 0.0108. The molecule has 2 heterocycles. The highest BCUT2D eigenvalue weighted by Gasteiger charge is 2.28. The SMILES string of the molecule is CC(C)(CO)CCCCC1CC=C(CCCC2=CCC(CCCCC(C)(C)CO)S2=O)S1=O. The van der Waals surface area contributed by atoms with Gasteiger partial charge in [-0.25, -0.2) is 0 Å². The molecule has 0 aromatic rings. The van der Waals surface area contributed by atoms with Gasteiger partial charge in [-0.2, -0.15) is 0 Å². The molecular weight excluding hydrogens is 452 g/mol. The van der Waals surface area contributed by atoms with Crippen molar-refractivity contribution in [1.29, 1.82) is 0 Å². The van der Waals surface area contributed by atoms with Crippen LogP contribution in [0.1, 0.15) is 111 Å². The third-order valence-corrected chi connectivity index (χ3v) is 11.1. The molecule has 4 unspecified atom stereocenters. The summed E-state index contributed by atoms with van der Waals surface area (Å²) < 4.78 is 25.7. The van der Waals surface area contributed by atoms with Gasteiger partial charge >= 0.3 is 0 Å². The fourth-order valence-electron chi connectivity index (χ4n) is 4.69. The van der Waals surface area contributed by atoms with Gasteiger partial charge in [0.25, 0.3) is 0 Å². The number of unbranched alkanes of at least 4 members (excludes halogenated alkanes) is 2. The number of aliphatic hydroxyl groups is 2. The smallest absolute Gasteiger partial charge is 0.0519 e. The average Bonchev–Trinajstić information content (AvgIpc) is 3.31. The summed E-state index contributed by atoms with van der Waals surface area (Å²) in [6.07, 6.45) is 17.2. The van der Waals surface area contributed by atoms with Crippen molar-refractivity contribution in [2.75, 3.05) is 13.2 Å². The molecule has 2 N–H and O–H groups in total. The maximum absolute atomic E-state index is 12.8. The zero-order chi connectivity index (χ0) is 24.5. The minimum Gasteiger partial charge on any atom is -0.396 e. The second-order valence-electron chi connectivity index (χ2n) is 11.6. The summed E-state index contributed by atoms with van der Waals surface area (Å²) in [5, 5.41) is 19.3. The van der Waals surface area contributed by atoms with Gasteiger partial charge < -0.3 is 10.2 Å². The average molecular weight is 501 g/mol. The van der Waals surface area contributed by atoms with Gasteiger partial charge in [-0.3, -0.25) is 8.42 Å². The van der Waals surface area contributed by atoms with Gasteiger partial charge in [0.05, 0.1) is 21.6 Å². The molecule has 4 nitrogen and oxygen atoms in total. The van der Waals surface area contributed by atoms with Crippen molar-refractivity contribution in [3.05, 3.63) is 22.0 Å². The van der Waals surface area contributed by atoms with Gasteiger partial charge in [-0.1, -0.05) is 65.5 Å². The van der Waals surface area contributed by atoms with Crippen molar-refractivity contribution in [3.8, 4) is 0 Å². The summed E-state index contributed by atoms with van der Waals surface area (Å²) in [6.45, 7) is 8.81. The van der Waals surface area contributed by atoms with E-state index in [2.05, 4.69) is 39.8 Å². The van der Waals surface area contributed by atoms with Gasteiger partial charge in [0.15, 0.2) is 0 Å². The van der Waals surface area contributed by atoms with Gasteiger partial charge in [0, 0.05) is 33.5 Å². The van der Waals surface area contributed by atoms with E-state index in [4.69, 9.17) is 0 Å². The highest BCUT2D eigenvalue weighted by Crippen LogP contribution is 2.33. The predicted octanol–water partition coefficient (Wildman–Crippen LogP) is 6.12. The fraction of sp³-hybridized carbons (Fsp3) is 0.852. The molecule has 0 amide bonds. The topological polar surface area (TPSA) is 74.6 Å². The standard InChI is InChI=1S/C27H48O4S2/c1-26(2,20-28)18-7-5-10-22-14-16-24(32(22)30)12-9-13-25-17-15-23(33(25)31)11-6-8-19-27(3,4)21-29/h16-17,22-23,28-29H,5-15,18-21H2,1-4H3. The van der Waals surface area contributed by atoms with E-state index in [1.165, 1.54) is 0 Å². The molecule has 2 aliphatic rings. The third kappa shape index (κ3) is 9.70. The van der Waals surface area contributed by atoms with Crippen LogP contribution in [0.5, 0.6) is 0 Å². The van der Waals surface area contributed by atoms with E-state index in [9.17, 15) is 18.6 Å². The Morgan fingerprint density at radius 1 is 0.727 bits per heavy atom. The molecular formula is C27H48O4S2. The Morgan fingerprint density at radius 3 is 1.48 bits per heavy atom. The molecule has 0 fully saturated rings. The summed E-state index contributed by atoms with van der Waals surface area (Å²) in [5.41, 5.74) is -0.0217. The van der Waals surface area contributed by atoms with Crippen LogP contribution in [0.4, 0.5) is 0 Å². The molecule has 0 aliphatic carbocycles. The lowest BCUT2D eigenvalue weighted by Gasteiger charge is -2.21. The Balaban J connectivity index is 1.61. The largest absolute Gasteiger partial charge is 0.396 e. The summed E-state index contributed by atoms with van der Waals surface area (Å²) in [4.78, 5) is 2.20. The predicted molar refractivity (Wildman–Crippen MR) is 142 cm³/mol. The summed E-state index contributed by atoms with van der Waals surface area (Å²) in [7, 11) is -1.72. The lowest BCUT2D eigenvalue weighted by Crippen LogP contribution is -2.17. The van der Waals surface area contributed by atoms with Crippen molar-refractivity contribution in [2.24, 2.45) is 10.8 Å². The first-order chi connectivity index (χ1) is 15.6. The van der Waals surface area contributed by atoms with E-state index in [1.807, 2.05) is 0 Å². The molecule has 0 radical (unpaired) electrons. The van der Waals surface area contributed by atoms with Gasteiger partial charge in [-0.05, 0) is 68.6 Å². The molecule has 0 saturated heterocycles. The zero-order valence-electron chi connectivity index (χ0n) is 21.4. The summed E-state index contributed by atoms with van der Waals surface area (Å²) in [6, 6.07) is 0. The second kappa shape index (κ2) is 13.7. The highest BCUT2D eigenvalue weighted by atomic mass is 32.2. The molecule has 192 valence electrons. The Kier molecular flexibility index (Phi) is 12.0. The van der Waals surface area contributed by atoms with E-state index in [1.54, 1.807) is 0 Å². The number of hydrogen-bond donors (Lipinski definition) is 2. The fourth-order valence-corrected chi connectivity index (χ4v) is 8.07. The molecule has 33 heavy (non-hydrogen) atoms. The van der Waals surface area contributed by atoms with Crippen molar-refractivity contribution < 1.29 is 18.6 Å². The first kappa shape index (κ1) is 28.9. The Hall–Kier alpha value is -0.300.